The second-order valence-electron chi connectivity index (χ2n) is 7.54. The molecule has 0 unspecified atom stereocenters. The first-order valence-electron chi connectivity index (χ1n) is 8.89. The van der Waals surface area contributed by atoms with Crippen LogP contribution in [0.3, 0.4) is 0 Å². The Bertz CT molecular complexity index is 810. The fourth-order valence-corrected chi connectivity index (χ4v) is 3.45. The summed E-state index contributed by atoms with van der Waals surface area (Å²) in [5.41, 5.74) is 6.60. The average Bonchev–Trinajstić information content (AvgIpc) is 2.91. The molecule has 4 heteroatoms. The number of aromatic amines is 3. The lowest BCUT2D eigenvalue weighted by molar-refractivity contribution is -0.457. The molecular weight excluding hydrogens is 326 g/mol. The van der Waals surface area contributed by atoms with Gasteiger partial charge in [-0.3, -0.25) is 0 Å². The monoisotopic (exact) mass is 356 g/mol. The van der Waals surface area contributed by atoms with Gasteiger partial charge < -0.3 is 0 Å². The number of H-pyrrole nitrogens is 3. The highest BCUT2D eigenvalue weighted by atomic mass is 32.1. The normalized spacial score (nSPS) is 19.4. The van der Waals surface area contributed by atoms with Crippen molar-refractivity contribution in [2.45, 2.75) is 53.9 Å². The first kappa shape index (κ1) is 19.4. The van der Waals surface area contributed by atoms with E-state index in [1.54, 1.807) is 0 Å². The minimum atomic E-state index is 0.292. The summed E-state index contributed by atoms with van der Waals surface area (Å²) in [7, 11) is 0. The first-order valence-corrected chi connectivity index (χ1v) is 9.30. The number of aromatic nitrogens is 3. The molecule has 0 saturated heterocycles. The molecule has 2 rings (SSSR count). The Hall–Kier alpha value is -1.94. The summed E-state index contributed by atoms with van der Waals surface area (Å²) >= 11 is 5.17. The molecule has 134 valence electrons. The van der Waals surface area contributed by atoms with E-state index in [4.69, 9.17) is 12.2 Å². The molecule has 0 atom stereocenters. The van der Waals surface area contributed by atoms with Crippen LogP contribution in [-0.4, -0.2) is 10.3 Å². The van der Waals surface area contributed by atoms with Crippen LogP contribution in [-0.2, 0) is 0 Å². The van der Waals surface area contributed by atoms with E-state index in [2.05, 4.69) is 80.4 Å². The van der Waals surface area contributed by atoms with E-state index in [0.717, 1.165) is 11.3 Å². The largest absolute Gasteiger partial charge is 0.257 e. The van der Waals surface area contributed by atoms with Crippen molar-refractivity contribution in [1.29, 1.82) is 0 Å². The van der Waals surface area contributed by atoms with Crippen molar-refractivity contribution in [2.24, 2.45) is 5.41 Å². The highest BCUT2D eigenvalue weighted by molar-refractivity contribution is 7.71. The zero-order valence-electron chi connectivity index (χ0n) is 16.0. The summed E-state index contributed by atoms with van der Waals surface area (Å²) in [6.07, 6.45) is 16.7. The second kappa shape index (κ2) is 8.43. The van der Waals surface area contributed by atoms with E-state index < -0.39 is 0 Å². The van der Waals surface area contributed by atoms with Crippen LogP contribution < -0.4 is 5.10 Å². The Morgan fingerprint density at radius 2 is 1.96 bits per heavy atom. The van der Waals surface area contributed by atoms with Crippen molar-refractivity contribution in [1.82, 2.24) is 10.3 Å². The third kappa shape index (κ3) is 5.53. The molecule has 1 aliphatic rings. The lowest BCUT2D eigenvalue weighted by Gasteiger charge is -2.32. The number of allylic oxidation sites excluding steroid dienone is 9. The van der Waals surface area contributed by atoms with Crippen LogP contribution in [0.15, 0.2) is 52.7 Å². The van der Waals surface area contributed by atoms with E-state index >= 15 is 0 Å². The van der Waals surface area contributed by atoms with Crippen molar-refractivity contribution in [3.8, 4) is 0 Å². The van der Waals surface area contributed by atoms with Gasteiger partial charge in [0.2, 0.25) is 5.69 Å². The third-order valence-electron chi connectivity index (χ3n) is 4.76. The molecule has 3 nitrogen and oxygen atoms in total. The molecule has 1 heterocycles. The Balaban J connectivity index is 2.05. The molecule has 1 aliphatic carbocycles. The van der Waals surface area contributed by atoms with Crippen LogP contribution in [0.5, 0.6) is 0 Å². The Labute approximate surface area is 156 Å². The zero-order valence-corrected chi connectivity index (χ0v) is 16.8. The maximum absolute atomic E-state index is 5.17. The SMILES string of the molecule is CC1=C(/C=C/C(C)=C/C=C/C(C)=C/c2[nH+][nH][nH]c2=S)C(C)(C)CCC1. The third-order valence-corrected chi connectivity index (χ3v) is 5.09. The molecule has 0 spiro atoms. The van der Waals surface area contributed by atoms with Gasteiger partial charge in [-0.2, -0.15) is 10.2 Å². The summed E-state index contributed by atoms with van der Waals surface area (Å²) < 4.78 is 0.682. The molecule has 1 aromatic heterocycles. The summed E-state index contributed by atoms with van der Waals surface area (Å²) in [6.45, 7) is 11.2. The number of rotatable bonds is 5. The van der Waals surface area contributed by atoms with Gasteiger partial charge in [0, 0.05) is 0 Å². The molecule has 3 N–H and O–H groups in total. The van der Waals surface area contributed by atoms with Gasteiger partial charge in [-0.05, 0) is 74.9 Å². The molecular formula is C21H30N3S+. The van der Waals surface area contributed by atoms with Crippen LogP contribution >= 0.6 is 12.2 Å². The van der Waals surface area contributed by atoms with E-state index in [-0.39, 0.29) is 0 Å². The van der Waals surface area contributed by atoms with Crippen molar-refractivity contribution < 1.29 is 5.10 Å². The van der Waals surface area contributed by atoms with Crippen LogP contribution in [0.1, 0.15) is 59.6 Å². The Morgan fingerprint density at radius 3 is 2.60 bits per heavy atom. The predicted octanol–water partition coefficient (Wildman–Crippen LogP) is 5.87. The molecule has 1 aromatic rings. The summed E-state index contributed by atoms with van der Waals surface area (Å²) in [5, 5.41) is 8.61. The minimum absolute atomic E-state index is 0.292. The fourth-order valence-electron chi connectivity index (χ4n) is 3.29. The molecule has 0 amide bonds. The van der Waals surface area contributed by atoms with Gasteiger partial charge in [-0.25, -0.2) is 0 Å². The molecule has 0 bridgehead atoms. The summed E-state index contributed by atoms with van der Waals surface area (Å²) in [5.74, 6) is 0. The van der Waals surface area contributed by atoms with Crippen molar-refractivity contribution in [3.63, 3.8) is 0 Å². The average molecular weight is 357 g/mol. The van der Waals surface area contributed by atoms with Gasteiger partial charge in [0.1, 0.15) is 0 Å². The molecule has 0 radical (unpaired) electrons. The van der Waals surface area contributed by atoms with E-state index in [0.29, 0.717) is 10.1 Å². The fraction of sp³-hybridized carbons (Fsp3) is 0.429. The van der Waals surface area contributed by atoms with Crippen LogP contribution in [0.25, 0.3) is 6.08 Å². The lowest BCUT2D eigenvalue weighted by atomic mass is 9.72. The number of nitrogens with one attached hydrogen (secondary N) is 3. The molecule has 0 aliphatic heterocycles. The van der Waals surface area contributed by atoms with Gasteiger partial charge >= 0.3 is 0 Å². The van der Waals surface area contributed by atoms with Crippen molar-refractivity contribution in [2.75, 3.05) is 0 Å². The smallest absolute Gasteiger partial charge is 0.172 e. The van der Waals surface area contributed by atoms with Crippen molar-refractivity contribution >= 4 is 18.3 Å². The van der Waals surface area contributed by atoms with Crippen LogP contribution in [0.4, 0.5) is 0 Å². The second-order valence-corrected chi connectivity index (χ2v) is 7.95. The highest BCUT2D eigenvalue weighted by Crippen LogP contribution is 2.40. The number of hydrogen-bond donors (Lipinski definition) is 2. The predicted molar refractivity (Wildman–Crippen MR) is 109 cm³/mol. The number of hydrogen-bond acceptors (Lipinski definition) is 1. The Morgan fingerprint density at radius 1 is 1.20 bits per heavy atom. The standard InChI is InChI=1S/C21H29N3S/c1-15(11-12-18-17(3)10-7-13-21(18,4)5)8-6-9-16(2)14-19-20(25)23-24-22-19/h6,8-9,11-12,14H,7,10,13H2,1-5H3,(H2,22,23,24,25)/p+1/b9-6+,12-11+,15-8+,16-14+. The molecule has 0 fully saturated rings. The summed E-state index contributed by atoms with van der Waals surface area (Å²) in [4.78, 5) is 0. The summed E-state index contributed by atoms with van der Waals surface area (Å²) in [6, 6.07) is 0. The quantitative estimate of drug-likeness (QED) is 0.502. The maximum Gasteiger partial charge on any atom is 0.257 e. The van der Waals surface area contributed by atoms with Crippen molar-refractivity contribution in [3.05, 3.63) is 63.0 Å². The van der Waals surface area contributed by atoms with Gasteiger partial charge in [0.15, 0.2) is 0 Å². The van der Waals surface area contributed by atoms with E-state index in [1.807, 2.05) is 6.08 Å². The zero-order chi connectivity index (χ0) is 18.4. The van der Waals surface area contributed by atoms with Gasteiger partial charge in [-0.15, -0.1) is 5.21 Å². The lowest BCUT2D eigenvalue weighted by Crippen LogP contribution is -2.19. The molecule has 0 saturated carbocycles. The van der Waals surface area contributed by atoms with Gasteiger partial charge in [-0.1, -0.05) is 55.4 Å². The first-order chi connectivity index (χ1) is 11.8. The van der Waals surface area contributed by atoms with Crippen LogP contribution in [0.2, 0.25) is 0 Å². The van der Waals surface area contributed by atoms with Crippen LogP contribution in [0, 0.1) is 10.1 Å². The topological polar surface area (TPSA) is 45.7 Å². The molecule has 25 heavy (non-hydrogen) atoms. The minimum Gasteiger partial charge on any atom is -0.172 e. The maximum atomic E-state index is 5.17. The highest BCUT2D eigenvalue weighted by Gasteiger charge is 2.26. The Kier molecular flexibility index (Phi) is 6.54. The molecule has 0 aromatic carbocycles. The van der Waals surface area contributed by atoms with E-state index in [9.17, 15) is 0 Å². The van der Waals surface area contributed by atoms with Gasteiger partial charge in [0.05, 0.1) is 0 Å². The van der Waals surface area contributed by atoms with E-state index in [1.165, 1.54) is 36.0 Å². The van der Waals surface area contributed by atoms with Gasteiger partial charge in [0.25, 0.3) is 4.64 Å².